The van der Waals surface area contributed by atoms with Gasteiger partial charge in [-0.05, 0) is 24.3 Å². The van der Waals surface area contributed by atoms with Crippen LogP contribution >= 0.6 is 11.6 Å². The van der Waals surface area contributed by atoms with Crippen molar-refractivity contribution < 1.29 is 9.59 Å². The Labute approximate surface area is 125 Å². The Morgan fingerprint density at radius 2 is 1.71 bits per heavy atom. The van der Waals surface area contributed by atoms with Crippen LogP contribution in [0.25, 0.3) is 4.85 Å². The molecule has 1 aliphatic heterocycles. The fourth-order valence-electron chi connectivity index (χ4n) is 2.18. The first-order chi connectivity index (χ1) is 10.1. The Balaban J connectivity index is 1.96. The first-order valence-electron chi connectivity index (χ1n) is 6.10. The third-order valence-corrected chi connectivity index (χ3v) is 3.55. The molecule has 0 fully saturated rings. The Bertz CT molecular complexity index is 776. The summed E-state index contributed by atoms with van der Waals surface area (Å²) in [5.41, 5.74) is 1.08. The Hall–Kier alpha value is -2.71. The molecule has 0 N–H and O–H groups in total. The maximum atomic E-state index is 12.3. The molecule has 1 aliphatic rings. The summed E-state index contributed by atoms with van der Waals surface area (Å²) in [7, 11) is 0. The van der Waals surface area contributed by atoms with Crippen LogP contribution in [0.15, 0.2) is 36.4 Å². The molecular weight excluding hydrogens is 290 g/mol. The minimum atomic E-state index is -0.373. The number of pyridine rings is 1. The molecule has 0 spiro atoms. The summed E-state index contributed by atoms with van der Waals surface area (Å²) < 4.78 is 0. The molecule has 3 rings (SSSR count). The summed E-state index contributed by atoms with van der Waals surface area (Å²) in [6.45, 7) is 6.90. The van der Waals surface area contributed by atoms with Gasteiger partial charge in [-0.15, -0.1) is 4.98 Å². The van der Waals surface area contributed by atoms with E-state index in [0.717, 1.165) is 4.90 Å². The molecule has 0 unspecified atom stereocenters. The molecular formula is C15H8ClN3O2. The predicted octanol–water partition coefficient (Wildman–Crippen LogP) is 3.08. The van der Waals surface area contributed by atoms with Gasteiger partial charge in [-0.2, -0.15) is 0 Å². The van der Waals surface area contributed by atoms with E-state index in [1.807, 2.05) is 0 Å². The number of halogens is 1. The smallest absolute Gasteiger partial charge is 0.269 e. The Morgan fingerprint density at radius 3 is 2.29 bits per heavy atom. The summed E-state index contributed by atoms with van der Waals surface area (Å²) in [5, 5.41) is 0.318. The molecule has 1 aromatic carbocycles. The van der Waals surface area contributed by atoms with Gasteiger partial charge < -0.3 is 4.85 Å². The van der Waals surface area contributed by atoms with Crippen molar-refractivity contribution in [3.63, 3.8) is 0 Å². The number of fused-ring (bicyclic) bond motifs is 1. The minimum absolute atomic E-state index is 0.0471. The van der Waals surface area contributed by atoms with Crippen LogP contribution in [0.3, 0.4) is 0 Å². The zero-order valence-electron chi connectivity index (χ0n) is 10.7. The van der Waals surface area contributed by atoms with Gasteiger partial charge in [-0.25, -0.2) is 0 Å². The lowest BCUT2D eigenvalue weighted by molar-refractivity contribution is 0.0640. The van der Waals surface area contributed by atoms with E-state index in [1.54, 1.807) is 24.3 Å². The van der Waals surface area contributed by atoms with Gasteiger partial charge in [0.25, 0.3) is 17.6 Å². The van der Waals surface area contributed by atoms with Crippen LogP contribution in [0.4, 0.5) is 5.82 Å². The highest BCUT2D eigenvalue weighted by Crippen LogP contribution is 2.26. The van der Waals surface area contributed by atoms with Crippen molar-refractivity contribution in [1.82, 2.24) is 9.88 Å². The first kappa shape index (κ1) is 13.3. The second kappa shape index (κ2) is 5.00. The van der Waals surface area contributed by atoms with Gasteiger partial charge in [0.2, 0.25) is 0 Å². The van der Waals surface area contributed by atoms with E-state index in [2.05, 4.69) is 9.83 Å². The van der Waals surface area contributed by atoms with Crippen LogP contribution in [-0.2, 0) is 6.54 Å². The average Bonchev–Trinajstić information content (AvgIpc) is 2.75. The summed E-state index contributed by atoms with van der Waals surface area (Å²) >= 11 is 6.02. The van der Waals surface area contributed by atoms with Gasteiger partial charge in [0.1, 0.15) is 0 Å². The number of hydrogen-bond donors (Lipinski definition) is 0. The molecule has 0 radical (unpaired) electrons. The van der Waals surface area contributed by atoms with Crippen molar-refractivity contribution in [2.45, 2.75) is 6.54 Å². The van der Waals surface area contributed by atoms with Gasteiger partial charge in [0.05, 0.1) is 22.7 Å². The second-order valence-corrected chi connectivity index (χ2v) is 4.86. The number of imide groups is 1. The molecule has 1 aromatic heterocycles. The molecule has 0 saturated carbocycles. The number of hydrogen-bond acceptors (Lipinski definition) is 3. The van der Waals surface area contributed by atoms with E-state index in [9.17, 15) is 9.59 Å². The fraction of sp³-hybridized carbons (Fsp3) is 0.0667. The summed E-state index contributed by atoms with van der Waals surface area (Å²) in [4.78, 5) is 32.9. The van der Waals surface area contributed by atoms with Crippen LogP contribution in [-0.4, -0.2) is 21.7 Å². The lowest BCUT2D eigenvalue weighted by atomic mass is 10.1. The number of rotatable bonds is 2. The van der Waals surface area contributed by atoms with Gasteiger partial charge in [0, 0.05) is 0 Å². The van der Waals surface area contributed by atoms with E-state index in [-0.39, 0.29) is 24.2 Å². The van der Waals surface area contributed by atoms with E-state index < -0.39 is 0 Å². The lowest BCUT2D eigenvalue weighted by Gasteiger charge is -2.12. The SMILES string of the molecule is [C-]#[N+]c1ccc(Cl)c(CN2C(=O)c3ccccc3C2=O)n1. The fourth-order valence-corrected chi connectivity index (χ4v) is 2.34. The van der Waals surface area contributed by atoms with Crippen LogP contribution in [0.5, 0.6) is 0 Å². The molecule has 21 heavy (non-hydrogen) atoms. The van der Waals surface area contributed by atoms with Crippen LogP contribution in [0, 0.1) is 6.57 Å². The molecule has 2 heterocycles. The third kappa shape index (κ3) is 2.16. The van der Waals surface area contributed by atoms with Crippen molar-refractivity contribution in [2.24, 2.45) is 0 Å². The molecule has 102 valence electrons. The Kier molecular flexibility index (Phi) is 3.16. The predicted molar refractivity (Wildman–Crippen MR) is 76.2 cm³/mol. The maximum Gasteiger partial charge on any atom is 0.269 e. The highest BCUT2D eigenvalue weighted by Gasteiger charge is 2.36. The van der Waals surface area contributed by atoms with Crippen molar-refractivity contribution in [3.8, 4) is 0 Å². The van der Waals surface area contributed by atoms with Crippen molar-refractivity contribution in [1.29, 1.82) is 0 Å². The third-order valence-electron chi connectivity index (χ3n) is 3.20. The normalized spacial score (nSPS) is 13.2. The standard InChI is InChI=1S/C15H8ClN3O2/c1-17-13-7-6-11(16)12(18-13)8-19-14(20)9-4-2-3-5-10(9)15(19)21/h2-7H,8H2. The quantitative estimate of drug-likeness (QED) is 0.632. The number of amides is 2. The van der Waals surface area contributed by atoms with Crippen LogP contribution in [0.1, 0.15) is 26.4 Å². The molecule has 0 atom stereocenters. The van der Waals surface area contributed by atoms with Gasteiger partial charge in [-0.3, -0.25) is 14.5 Å². The summed E-state index contributed by atoms with van der Waals surface area (Å²) in [6.07, 6.45) is 0. The molecule has 0 bridgehead atoms. The van der Waals surface area contributed by atoms with Gasteiger partial charge in [0.15, 0.2) is 5.69 Å². The van der Waals surface area contributed by atoms with Crippen molar-refractivity contribution in [2.75, 3.05) is 0 Å². The van der Waals surface area contributed by atoms with E-state index in [1.165, 1.54) is 12.1 Å². The summed E-state index contributed by atoms with van der Waals surface area (Å²) in [5.74, 6) is -0.575. The monoisotopic (exact) mass is 297 g/mol. The molecule has 2 aromatic rings. The van der Waals surface area contributed by atoms with Gasteiger partial charge in [-0.1, -0.05) is 30.3 Å². The molecule has 0 aliphatic carbocycles. The summed E-state index contributed by atoms with van der Waals surface area (Å²) in [6, 6.07) is 9.66. The number of benzene rings is 1. The largest absolute Gasteiger partial charge is 0.361 e. The Morgan fingerprint density at radius 1 is 1.10 bits per heavy atom. The van der Waals surface area contributed by atoms with Crippen LogP contribution in [0.2, 0.25) is 5.02 Å². The van der Waals surface area contributed by atoms with Crippen molar-refractivity contribution in [3.05, 3.63) is 69.7 Å². The number of carbonyl (C=O) groups excluding carboxylic acids is 2. The molecule has 5 nitrogen and oxygen atoms in total. The number of carbonyl (C=O) groups is 2. The lowest BCUT2D eigenvalue weighted by Crippen LogP contribution is -2.29. The number of aromatic nitrogens is 1. The van der Waals surface area contributed by atoms with Crippen LogP contribution < -0.4 is 0 Å². The topological polar surface area (TPSA) is 54.6 Å². The molecule has 6 heteroatoms. The maximum absolute atomic E-state index is 12.3. The molecule has 2 amide bonds. The van der Waals surface area contributed by atoms with E-state index in [4.69, 9.17) is 18.2 Å². The molecule has 0 saturated heterocycles. The second-order valence-electron chi connectivity index (χ2n) is 4.45. The zero-order valence-corrected chi connectivity index (χ0v) is 11.5. The average molecular weight is 298 g/mol. The highest BCUT2D eigenvalue weighted by atomic mass is 35.5. The van der Waals surface area contributed by atoms with Crippen molar-refractivity contribution >= 4 is 29.2 Å². The zero-order chi connectivity index (χ0) is 15.0. The van der Waals surface area contributed by atoms with Gasteiger partial charge >= 0.3 is 0 Å². The number of nitrogens with zero attached hydrogens (tertiary/aromatic N) is 3. The van der Waals surface area contributed by atoms with E-state index in [0.29, 0.717) is 21.8 Å². The minimum Gasteiger partial charge on any atom is -0.361 e. The van der Waals surface area contributed by atoms with E-state index >= 15 is 0 Å². The highest BCUT2D eigenvalue weighted by molar-refractivity contribution is 6.31. The first-order valence-corrected chi connectivity index (χ1v) is 6.47.